The SMILES string of the molecule is CCCP1C2=Cc3c(cccc3[CH]2[Ti+2][CH]2C=Cc3c(-c4ccccc4)cccc32)-c2ccccc21.[F-].[F-]. The quantitative estimate of drug-likeness (QED) is 0.270. The van der Waals surface area contributed by atoms with E-state index in [2.05, 4.69) is 116 Å². The average Bonchev–Trinajstić information content (AvgIpc) is 3.46. The van der Waals surface area contributed by atoms with E-state index in [0.717, 1.165) is 0 Å². The summed E-state index contributed by atoms with van der Waals surface area (Å²) in [4.78, 5) is 0. The zero-order chi connectivity index (χ0) is 23.4. The summed E-state index contributed by atoms with van der Waals surface area (Å²) in [6.07, 6.45) is 10.1. The minimum Gasteiger partial charge on any atom is -1.00 e. The number of hydrogen-bond donors (Lipinski definition) is 0. The van der Waals surface area contributed by atoms with Gasteiger partial charge in [0.05, 0.1) is 0 Å². The van der Waals surface area contributed by atoms with Crippen molar-refractivity contribution in [2.24, 2.45) is 0 Å². The van der Waals surface area contributed by atoms with Crippen molar-refractivity contribution in [1.29, 1.82) is 0 Å². The number of allylic oxidation sites excluding steroid dienone is 2. The molecule has 37 heavy (non-hydrogen) atoms. The summed E-state index contributed by atoms with van der Waals surface area (Å²) in [6.45, 7) is 2.36. The minimum atomic E-state index is -0.313. The van der Waals surface area contributed by atoms with Gasteiger partial charge in [-0.2, -0.15) is 0 Å². The Bertz CT molecular complexity index is 1510. The Morgan fingerprint density at radius 1 is 0.703 bits per heavy atom. The molecule has 3 atom stereocenters. The molecule has 0 nitrogen and oxygen atoms in total. The van der Waals surface area contributed by atoms with E-state index in [-0.39, 0.29) is 36.5 Å². The summed E-state index contributed by atoms with van der Waals surface area (Å²) < 4.78 is 1.22. The van der Waals surface area contributed by atoms with Crippen LogP contribution in [0.2, 0.25) is 0 Å². The largest absolute Gasteiger partial charge is 1.00 e. The van der Waals surface area contributed by atoms with Crippen molar-refractivity contribution >= 4 is 25.4 Å². The molecule has 0 aromatic heterocycles. The second kappa shape index (κ2) is 10.6. The Hall–Kier alpha value is -2.64. The van der Waals surface area contributed by atoms with Gasteiger partial charge in [-0.1, -0.05) is 0 Å². The molecule has 0 N–H and O–H groups in total. The molecule has 0 spiro atoms. The molecule has 0 fully saturated rings. The third-order valence-corrected chi connectivity index (χ3v) is 13.7. The maximum atomic E-state index is 2.63. The molecule has 2 bridgehead atoms. The molecule has 0 saturated carbocycles. The van der Waals surface area contributed by atoms with Crippen LogP contribution in [-0.2, 0) is 19.2 Å². The van der Waals surface area contributed by atoms with Gasteiger partial charge in [-0.25, -0.2) is 0 Å². The molecule has 3 aliphatic rings. The zero-order valence-electron chi connectivity index (χ0n) is 20.7. The van der Waals surface area contributed by atoms with Crippen LogP contribution >= 0.6 is 7.92 Å². The van der Waals surface area contributed by atoms with Gasteiger partial charge in [-0.3, -0.25) is 0 Å². The fourth-order valence-electron chi connectivity index (χ4n) is 6.11. The molecule has 2 aliphatic carbocycles. The second-order valence-corrected chi connectivity index (χ2v) is 14.4. The third-order valence-electron chi connectivity index (χ3n) is 7.64. The molecule has 4 aromatic carbocycles. The summed E-state index contributed by atoms with van der Waals surface area (Å²) in [7, 11) is -0.279. The van der Waals surface area contributed by atoms with Crippen molar-refractivity contribution in [1.82, 2.24) is 0 Å². The normalized spacial score (nSPS) is 19.5. The van der Waals surface area contributed by atoms with Gasteiger partial charge >= 0.3 is 219 Å². The number of hydrogen-bond acceptors (Lipinski definition) is 0. The Kier molecular flexibility index (Phi) is 7.46. The molecule has 182 valence electrons. The summed E-state index contributed by atoms with van der Waals surface area (Å²) in [5.41, 5.74) is 11.8. The zero-order valence-corrected chi connectivity index (χ0v) is 23.1. The molecule has 4 heteroatoms. The van der Waals surface area contributed by atoms with E-state index < -0.39 is 0 Å². The van der Waals surface area contributed by atoms with Crippen molar-refractivity contribution in [2.45, 2.75) is 21.8 Å². The predicted octanol–water partition coefficient (Wildman–Crippen LogP) is 2.81. The molecule has 0 saturated heterocycles. The number of fused-ring (bicyclic) bond motifs is 3. The standard InChI is InChI=1S/C18H16P.C15H11.2FH.Ti/c1-2-10-19-14-11-13-6-5-8-15(17(13)12-14)16-7-3-4-9-18(16)19;1-2-6-12(7-3-1)14-10-4-8-13-9-5-11-15(13)14;;;/h3-9,11-12H,2,10H2,1H3;1-11H;2*1H;/q;;;;+2/p-2. The summed E-state index contributed by atoms with van der Waals surface area (Å²) in [5, 5.41) is 3.37. The summed E-state index contributed by atoms with van der Waals surface area (Å²) >= 11 is -0.313. The van der Waals surface area contributed by atoms with Gasteiger partial charge in [0.1, 0.15) is 0 Å². The molecular weight excluding hydrogens is 513 g/mol. The molecule has 0 amide bonds. The van der Waals surface area contributed by atoms with Gasteiger partial charge in [0.2, 0.25) is 0 Å². The van der Waals surface area contributed by atoms with Gasteiger partial charge in [0, 0.05) is 0 Å². The van der Waals surface area contributed by atoms with Gasteiger partial charge in [0.25, 0.3) is 0 Å². The Balaban J connectivity index is 0.00000140. The van der Waals surface area contributed by atoms with Gasteiger partial charge in [0.15, 0.2) is 0 Å². The Morgan fingerprint density at radius 3 is 2.22 bits per heavy atom. The van der Waals surface area contributed by atoms with Crippen molar-refractivity contribution in [3.05, 3.63) is 125 Å². The first-order chi connectivity index (χ1) is 17.3. The van der Waals surface area contributed by atoms with Crippen LogP contribution in [0.25, 0.3) is 34.4 Å². The smallest absolute Gasteiger partial charge is 1.00 e. The fourth-order valence-corrected chi connectivity index (χ4v) is 12.5. The van der Waals surface area contributed by atoms with Crippen LogP contribution in [0.5, 0.6) is 0 Å². The first-order valence-corrected chi connectivity index (χ1v) is 16.0. The van der Waals surface area contributed by atoms with E-state index in [0.29, 0.717) is 8.45 Å². The number of halogens is 2. The number of rotatable bonds is 5. The van der Waals surface area contributed by atoms with E-state index in [9.17, 15) is 0 Å². The van der Waals surface area contributed by atoms with Gasteiger partial charge < -0.3 is 9.41 Å². The first kappa shape index (κ1) is 26.0. The Labute approximate surface area is 227 Å². The molecule has 1 heterocycles. The molecule has 1 aliphatic heterocycles. The van der Waals surface area contributed by atoms with Crippen LogP contribution in [0, 0.1) is 0 Å². The summed E-state index contributed by atoms with van der Waals surface area (Å²) in [5.74, 6) is 0. The molecule has 4 aromatic rings. The first-order valence-electron chi connectivity index (χ1n) is 12.7. The summed E-state index contributed by atoms with van der Waals surface area (Å²) in [6, 6.07) is 34.2. The van der Waals surface area contributed by atoms with E-state index in [1.165, 1.54) is 46.0 Å². The van der Waals surface area contributed by atoms with Crippen molar-refractivity contribution < 1.29 is 28.6 Å². The minimum absolute atomic E-state index is 0. The number of benzene rings is 4. The third kappa shape index (κ3) is 4.20. The van der Waals surface area contributed by atoms with Crippen molar-refractivity contribution in [3.63, 3.8) is 0 Å². The fraction of sp³-hybridized carbons (Fsp3) is 0.152. The van der Waals surface area contributed by atoms with Crippen molar-refractivity contribution in [2.75, 3.05) is 6.16 Å². The van der Waals surface area contributed by atoms with Crippen LogP contribution in [0.15, 0.2) is 102 Å². The van der Waals surface area contributed by atoms with Crippen molar-refractivity contribution in [3.8, 4) is 22.3 Å². The van der Waals surface area contributed by atoms with E-state index >= 15 is 0 Å². The van der Waals surface area contributed by atoms with Crippen LogP contribution in [0.1, 0.15) is 44.0 Å². The average molecular weight is 540 g/mol. The Morgan fingerprint density at radius 2 is 1.41 bits per heavy atom. The van der Waals surface area contributed by atoms with Crippen LogP contribution in [0.4, 0.5) is 0 Å². The van der Waals surface area contributed by atoms with Crippen LogP contribution in [0.3, 0.4) is 0 Å². The van der Waals surface area contributed by atoms with Crippen LogP contribution < -0.4 is 14.7 Å². The molecule has 7 rings (SSSR count). The van der Waals surface area contributed by atoms with Gasteiger partial charge in [-0.05, 0) is 0 Å². The van der Waals surface area contributed by atoms with Gasteiger partial charge in [-0.15, -0.1) is 0 Å². The topological polar surface area (TPSA) is 0 Å². The molecular formula is C33H27F2PTi. The van der Waals surface area contributed by atoms with E-state index in [4.69, 9.17) is 0 Å². The maximum absolute atomic E-state index is 2.63. The monoisotopic (exact) mass is 540 g/mol. The predicted molar refractivity (Wildman–Crippen MR) is 148 cm³/mol. The van der Waals surface area contributed by atoms with Crippen LogP contribution in [-0.4, -0.2) is 6.16 Å². The van der Waals surface area contributed by atoms with E-state index in [1.54, 1.807) is 21.7 Å². The molecule has 0 radical (unpaired) electrons. The second-order valence-electron chi connectivity index (χ2n) is 9.66. The maximum Gasteiger partial charge on any atom is -1.00 e. The molecule has 3 unspecified atom stereocenters. The van der Waals surface area contributed by atoms with E-state index in [1.807, 2.05) is 0 Å².